The van der Waals surface area contributed by atoms with E-state index in [-0.39, 0.29) is 19.1 Å². The van der Waals surface area contributed by atoms with Gasteiger partial charge in [-0.25, -0.2) is 14.2 Å². The molecule has 2 aliphatic heterocycles. The molecule has 1 aromatic heterocycles. The average molecular weight is 531 g/mol. The van der Waals surface area contributed by atoms with Gasteiger partial charge in [-0.05, 0) is 42.9 Å². The number of rotatable bonds is 7. The maximum atomic E-state index is 13.2. The topological polar surface area (TPSA) is 96.9 Å². The summed E-state index contributed by atoms with van der Waals surface area (Å²) in [4.78, 5) is 41.9. The van der Waals surface area contributed by atoms with Crippen molar-refractivity contribution >= 4 is 40.8 Å². The lowest BCUT2D eigenvalue weighted by Crippen LogP contribution is -2.45. The fraction of sp³-hybridized carbons (Fsp3) is 0.286. The molecule has 2 aliphatic rings. The lowest BCUT2D eigenvalue weighted by atomic mass is 10.1. The minimum absolute atomic E-state index is 0.206. The number of nitrogens with zero attached hydrogens (tertiary/aromatic N) is 6. The van der Waals surface area contributed by atoms with Crippen LogP contribution in [0.25, 0.3) is 0 Å². The summed E-state index contributed by atoms with van der Waals surface area (Å²) < 4.78 is 13.2. The van der Waals surface area contributed by atoms with Crippen LogP contribution < -0.4 is 20.4 Å². The van der Waals surface area contributed by atoms with E-state index in [4.69, 9.17) is 0 Å². The zero-order valence-electron chi connectivity index (χ0n) is 22.0. The Morgan fingerprint density at radius 2 is 1.77 bits per heavy atom. The molecule has 3 aromatic rings. The van der Waals surface area contributed by atoms with Crippen molar-refractivity contribution in [3.63, 3.8) is 0 Å². The Labute approximate surface area is 226 Å². The predicted octanol–water partition coefficient (Wildman–Crippen LogP) is 3.97. The van der Waals surface area contributed by atoms with Crippen LogP contribution in [0.15, 0.2) is 67.1 Å². The first kappa shape index (κ1) is 26.1. The molecule has 1 fully saturated rings. The molecule has 0 saturated carbocycles. The van der Waals surface area contributed by atoms with Gasteiger partial charge in [0.1, 0.15) is 5.82 Å². The second-order valence-corrected chi connectivity index (χ2v) is 9.72. The third kappa shape index (κ3) is 5.83. The molecule has 5 rings (SSSR count). The van der Waals surface area contributed by atoms with E-state index < -0.39 is 11.7 Å². The maximum Gasteiger partial charge on any atom is 0.326 e. The number of benzene rings is 2. The summed E-state index contributed by atoms with van der Waals surface area (Å²) in [5.41, 5.74) is 3.90. The number of halogens is 1. The number of amides is 3. The molecule has 0 aliphatic carbocycles. The lowest BCUT2D eigenvalue weighted by molar-refractivity contribution is -0.114. The molecule has 1 saturated heterocycles. The van der Waals surface area contributed by atoms with E-state index in [9.17, 15) is 14.0 Å². The third-order valence-corrected chi connectivity index (χ3v) is 6.94. The molecule has 3 amide bonds. The van der Waals surface area contributed by atoms with Crippen molar-refractivity contribution in [3.8, 4) is 0 Å². The Kier molecular flexibility index (Phi) is 7.42. The highest BCUT2D eigenvalue weighted by Crippen LogP contribution is 2.29. The molecular formula is C28H31FN8O2. The number of para-hydroxylation sites is 1. The minimum atomic E-state index is -1.08. The predicted molar refractivity (Wildman–Crippen MR) is 150 cm³/mol. The van der Waals surface area contributed by atoms with Gasteiger partial charge in [0, 0.05) is 68.6 Å². The van der Waals surface area contributed by atoms with Gasteiger partial charge in [0.25, 0.3) is 5.91 Å². The van der Waals surface area contributed by atoms with Crippen LogP contribution in [0.1, 0.15) is 11.1 Å². The Bertz CT molecular complexity index is 1390. The molecule has 2 aromatic carbocycles. The number of fused-ring (bicyclic) bond motifs is 1. The fourth-order valence-electron chi connectivity index (χ4n) is 4.68. The van der Waals surface area contributed by atoms with E-state index in [0.29, 0.717) is 23.0 Å². The highest BCUT2D eigenvalue weighted by atomic mass is 19.1. The summed E-state index contributed by atoms with van der Waals surface area (Å²) >= 11 is 0. The largest absolute Gasteiger partial charge is 0.369 e. The van der Waals surface area contributed by atoms with Gasteiger partial charge in [0.15, 0.2) is 5.83 Å². The van der Waals surface area contributed by atoms with Gasteiger partial charge in [-0.2, -0.15) is 4.98 Å². The highest BCUT2D eigenvalue weighted by molar-refractivity contribution is 6.02. The smallest absolute Gasteiger partial charge is 0.326 e. The van der Waals surface area contributed by atoms with Crippen molar-refractivity contribution in [1.82, 2.24) is 19.8 Å². The number of hydrogen-bond acceptors (Lipinski definition) is 7. The van der Waals surface area contributed by atoms with Gasteiger partial charge >= 0.3 is 6.03 Å². The normalized spacial score (nSPS) is 15.7. The summed E-state index contributed by atoms with van der Waals surface area (Å²) in [7, 11) is 3.80. The van der Waals surface area contributed by atoms with Gasteiger partial charge in [-0.15, -0.1) is 0 Å². The number of hydrogen-bond donors (Lipinski definition) is 2. The highest BCUT2D eigenvalue weighted by Gasteiger charge is 2.30. The van der Waals surface area contributed by atoms with E-state index in [2.05, 4.69) is 56.2 Å². The van der Waals surface area contributed by atoms with Gasteiger partial charge in [0.05, 0.1) is 6.54 Å². The number of anilines is 5. The van der Waals surface area contributed by atoms with Crippen LogP contribution in [-0.2, 0) is 17.9 Å². The molecule has 11 heteroatoms. The summed E-state index contributed by atoms with van der Waals surface area (Å²) in [5, 5.41) is 5.73. The van der Waals surface area contributed by atoms with Gasteiger partial charge in [-0.1, -0.05) is 24.8 Å². The molecule has 0 bridgehead atoms. The Morgan fingerprint density at radius 1 is 1.05 bits per heavy atom. The number of likely N-dealkylation sites (N-methyl/N-ethyl adjacent to an activating group) is 1. The first-order valence-electron chi connectivity index (χ1n) is 12.7. The monoisotopic (exact) mass is 530 g/mol. The number of aromatic nitrogens is 2. The summed E-state index contributed by atoms with van der Waals surface area (Å²) in [6.45, 7) is 7.62. The average Bonchev–Trinajstić information content (AvgIpc) is 2.94. The van der Waals surface area contributed by atoms with Crippen molar-refractivity contribution in [2.24, 2.45) is 0 Å². The quantitative estimate of drug-likeness (QED) is 0.446. The molecule has 0 spiro atoms. The van der Waals surface area contributed by atoms with Crippen LogP contribution in [0.4, 0.5) is 38.0 Å². The van der Waals surface area contributed by atoms with Crippen LogP contribution >= 0.6 is 0 Å². The molecular weight excluding hydrogens is 499 g/mol. The van der Waals surface area contributed by atoms with E-state index in [1.165, 1.54) is 10.6 Å². The van der Waals surface area contributed by atoms with Gasteiger partial charge in [-0.3, -0.25) is 9.69 Å². The molecule has 39 heavy (non-hydrogen) atoms. The molecule has 202 valence electrons. The van der Waals surface area contributed by atoms with Gasteiger partial charge in [0.2, 0.25) is 5.95 Å². The fourth-order valence-corrected chi connectivity index (χ4v) is 4.68. The van der Waals surface area contributed by atoms with Gasteiger partial charge < -0.3 is 25.3 Å². The number of carbonyl (C=O) groups is 2. The van der Waals surface area contributed by atoms with Crippen LogP contribution in [-0.4, -0.2) is 72.0 Å². The lowest BCUT2D eigenvalue weighted by Gasteiger charge is -2.34. The van der Waals surface area contributed by atoms with Crippen LogP contribution in [0, 0.1) is 0 Å². The standard InChI is InChI=1S/C28H31FN8O2/c1-19(29)26(38)32-24-7-5-4-6-20(24)17-37-18-21-16-30-27(33-25(21)35(3)28(37)39)31-22-8-10-23(11-9-22)36-14-12-34(2)13-15-36/h4-11,16H,1,12-15,17-18H2,2-3H3,(H,32,38)(H,30,31,33). The molecule has 2 N–H and O–H groups in total. The number of urea groups is 1. The van der Waals surface area contributed by atoms with E-state index in [0.717, 1.165) is 37.4 Å². The zero-order chi connectivity index (χ0) is 27.5. The number of carbonyl (C=O) groups excluding carboxylic acids is 2. The van der Waals surface area contributed by atoms with E-state index in [1.54, 1.807) is 42.4 Å². The number of piperazine rings is 1. The second-order valence-electron chi connectivity index (χ2n) is 9.72. The van der Waals surface area contributed by atoms with E-state index in [1.807, 2.05) is 12.1 Å². The minimum Gasteiger partial charge on any atom is -0.369 e. The molecule has 0 radical (unpaired) electrons. The van der Waals surface area contributed by atoms with Crippen LogP contribution in [0.3, 0.4) is 0 Å². The molecule has 10 nitrogen and oxygen atoms in total. The van der Waals surface area contributed by atoms with Crippen LogP contribution in [0.2, 0.25) is 0 Å². The Morgan fingerprint density at radius 3 is 2.49 bits per heavy atom. The summed E-state index contributed by atoms with van der Waals surface area (Å²) in [6, 6.07) is 14.9. The second kappa shape index (κ2) is 11.1. The van der Waals surface area contributed by atoms with Crippen molar-refractivity contribution < 1.29 is 14.0 Å². The van der Waals surface area contributed by atoms with Crippen molar-refractivity contribution in [2.75, 3.05) is 60.7 Å². The first-order valence-corrected chi connectivity index (χ1v) is 12.7. The Balaban J connectivity index is 1.27. The first-order chi connectivity index (χ1) is 18.8. The molecule has 0 atom stereocenters. The van der Waals surface area contributed by atoms with Crippen molar-refractivity contribution in [3.05, 3.63) is 78.3 Å². The van der Waals surface area contributed by atoms with Crippen molar-refractivity contribution in [1.29, 1.82) is 0 Å². The molecule has 3 heterocycles. The number of nitrogens with one attached hydrogen (secondary N) is 2. The summed E-state index contributed by atoms with van der Waals surface area (Å²) in [5.74, 6) is -1.08. The Hall–Kier alpha value is -4.51. The summed E-state index contributed by atoms with van der Waals surface area (Å²) in [6.07, 6.45) is 1.71. The zero-order valence-corrected chi connectivity index (χ0v) is 22.0. The van der Waals surface area contributed by atoms with Crippen LogP contribution in [0.5, 0.6) is 0 Å². The third-order valence-electron chi connectivity index (χ3n) is 6.94. The van der Waals surface area contributed by atoms with E-state index >= 15 is 0 Å². The van der Waals surface area contributed by atoms with Crippen molar-refractivity contribution in [2.45, 2.75) is 13.1 Å². The molecule has 0 unspecified atom stereocenters. The maximum absolute atomic E-state index is 13.2. The SMILES string of the molecule is C=C(F)C(=O)Nc1ccccc1CN1Cc2cnc(Nc3ccc(N4CCN(C)CC4)cc3)nc2N(C)C1=O.